The Labute approximate surface area is 258 Å². The minimum Gasteiger partial charge on any atom is -0.423 e. The van der Waals surface area contributed by atoms with Crippen LogP contribution in [0.1, 0.15) is 0 Å². The first-order valence-corrected chi connectivity index (χ1v) is 14.7. The molecule has 0 unspecified atom stereocenters. The van der Waals surface area contributed by atoms with Crippen molar-refractivity contribution in [2.45, 2.75) is 0 Å². The first-order valence-electron chi connectivity index (χ1n) is 14.7. The molecule has 7 rings (SSSR count). The van der Waals surface area contributed by atoms with Crippen LogP contribution in [0.4, 0.5) is 17.1 Å². The molecule has 0 radical (unpaired) electrons. The Morgan fingerprint density at radius 3 is 1.61 bits per heavy atom. The summed E-state index contributed by atoms with van der Waals surface area (Å²) in [5.41, 5.74) is 10.3. The topological polar surface area (TPSA) is 43.7 Å². The van der Waals surface area contributed by atoms with E-state index in [0.717, 1.165) is 44.9 Å². The van der Waals surface area contributed by atoms with Gasteiger partial charge in [0.05, 0.1) is 0 Å². The SMILES string of the molecule is OB(O)c1ccc(N(c2ccc(-c3ccccc3)cc2)c2ccc(-c3cccc4ccccc34)c(-c3ccccc3)c2)cc1. The lowest BCUT2D eigenvalue weighted by molar-refractivity contribution is 0.426. The summed E-state index contributed by atoms with van der Waals surface area (Å²) >= 11 is 0. The third-order valence-electron chi connectivity index (χ3n) is 8.11. The summed E-state index contributed by atoms with van der Waals surface area (Å²) in [7, 11) is -1.52. The molecule has 3 nitrogen and oxygen atoms in total. The van der Waals surface area contributed by atoms with Gasteiger partial charge in [-0.3, -0.25) is 0 Å². The Morgan fingerprint density at radius 1 is 0.386 bits per heavy atom. The molecular weight excluding hydrogens is 537 g/mol. The van der Waals surface area contributed by atoms with Crippen LogP contribution in [0, 0.1) is 0 Å². The highest BCUT2D eigenvalue weighted by Crippen LogP contribution is 2.42. The van der Waals surface area contributed by atoms with Crippen molar-refractivity contribution in [3.63, 3.8) is 0 Å². The number of rotatable bonds is 7. The number of nitrogens with zero attached hydrogens (tertiary/aromatic N) is 1. The number of hydrogen-bond acceptors (Lipinski definition) is 3. The van der Waals surface area contributed by atoms with Crippen LogP contribution in [0.15, 0.2) is 170 Å². The standard InChI is InChI=1S/C40H30BNO2/c43-41(44)33-20-24-35(25-21-33)42(34-22-18-30(19-23-34)29-10-3-1-4-11-29)36-26-27-39(40(28-36)32-12-5-2-6-13-32)38-17-9-15-31-14-7-8-16-37(31)38/h1-28,43-44H. The Bertz CT molecular complexity index is 2020. The minimum atomic E-state index is -1.52. The van der Waals surface area contributed by atoms with Crippen LogP contribution in [0.2, 0.25) is 0 Å². The fourth-order valence-electron chi connectivity index (χ4n) is 5.90. The highest BCUT2D eigenvalue weighted by Gasteiger charge is 2.18. The molecule has 44 heavy (non-hydrogen) atoms. The van der Waals surface area contributed by atoms with Crippen LogP contribution in [0.3, 0.4) is 0 Å². The second-order valence-corrected chi connectivity index (χ2v) is 10.8. The Morgan fingerprint density at radius 2 is 0.932 bits per heavy atom. The molecule has 0 aliphatic carbocycles. The number of fused-ring (bicyclic) bond motifs is 1. The van der Waals surface area contributed by atoms with Gasteiger partial charge in [-0.2, -0.15) is 0 Å². The van der Waals surface area contributed by atoms with E-state index in [2.05, 4.69) is 138 Å². The zero-order valence-corrected chi connectivity index (χ0v) is 24.1. The third kappa shape index (κ3) is 5.40. The first-order chi connectivity index (χ1) is 21.7. The summed E-state index contributed by atoms with van der Waals surface area (Å²) in [6.07, 6.45) is 0. The summed E-state index contributed by atoms with van der Waals surface area (Å²) < 4.78 is 0. The van der Waals surface area contributed by atoms with Gasteiger partial charge in [-0.15, -0.1) is 0 Å². The van der Waals surface area contributed by atoms with Crippen molar-refractivity contribution in [3.05, 3.63) is 170 Å². The molecule has 0 aliphatic heterocycles. The van der Waals surface area contributed by atoms with E-state index in [0.29, 0.717) is 5.46 Å². The van der Waals surface area contributed by atoms with Crippen LogP contribution in [0.25, 0.3) is 44.2 Å². The van der Waals surface area contributed by atoms with E-state index in [-0.39, 0.29) is 0 Å². The summed E-state index contributed by atoms with van der Waals surface area (Å²) in [6.45, 7) is 0. The Kier molecular flexibility index (Phi) is 7.52. The van der Waals surface area contributed by atoms with Crippen molar-refractivity contribution < 1.29 is 10.0 Å². The van der Waals surface area contributed by atoms with Gasteiger partial charge in [0.2, 0.25) is 0 Å². The molecule has 0 heterocycles. The Balaban J connectivity index is 1.41. The van der Waals surface area contributed by atoms with Crippen molar-refractivity contribution in [1.29, 1.82) is 0 Å². The monoisotopic (exact) mass is 567 g/mol. The van der Waals surface area contributed by atoms with E-state index in [1.54, 1.807) is 12.1 Å². The van der Waals surface area contributed by atoms with Crippen molar-refractivity contribution in [1.82, 2.24) is 0 Å². The molecule has 0 fully saturated rings. The minimum absolute atomic E-state index is 0.449. The van der Waals surface area contributed by atoms with Crippen molar-refractivity contribution in [2.24, 2.45) is 0 Å². The van der Waals surface area contributed by atoms with Gasteiger partial charge in [0.15, 0.2) is 0 Å². The molecule has 0 saturated heterocycles. The predicted molar refractivity (Wildman–Crippen MR) is 185 cm³/mol. The molecule has 0 spiro atoms. The van der Waals surface area contributed by atoms with E-state index in [4.69, 9.17) is 0 Å². The molecule has 4 heteroatoms. The molecule has 0 saturated carbocycles. The maximum Gasteiger partial charge on any atom is 0.488 e. The molecule has 0 aromatic heterocycles. The summed E-state index contributed by atoms with van der Waals surface area (Å²) in [4.78, 5) is 2.21. The Hall–Kier alpha value is -5.42. The van der Waals surface area contributed by atoms with E-state index >= 15 is 0 Å². The van der Waals surface area contributed by atoms with Crippen molar-refractivity contribution >= 4 is 40.4 Å². The van der Waals surface area contributed by atoms with E-state index in [1.807, 2.05) is 24.3 Å². The molecular formula is C40H30BNO2. The molecule has 210 valence electrons. The van der Waals surface area contributed by atoms with Crippen LogP contribution in [-0.4, -0.2) is 17.2 Å². The smallest absolute Gasteiger partial charge is 0.423 e. The quantitative estimate of drug-likeness (QED) is 0.189. The predicted octanol–water partition coefficient (Wildman–Crippen LogP) is 8.99. The number of benzene rings is 7. The van der Waals surface area contributed by atoms with Crippen molar-refractivity contribution in [3.8, 4) is 33.4 Å². The highest BCUT2D eigenvalue weighted by atomic mass is 16.4. The van der Waals surface area contributed by atoms with Gasteiger partial charge in [0, 0.05) is 17.1 Å². The van der Waals surface area contributed by atoms with E-state index in [9.17, 15) is 10.0 Å². The summed E-state index contributed by atoms with van der Waals surface area (Å²) in [5.74, 6) is 0. The van der Waals surface area contributed by atoms with E-state index in [1.165, 1.54) is 16.3 Å². The molecule has 7 aromatic carbocycles. The average Bonchev–Trinajstić information content (AvgIpc) is 3.09. The maximum absolute atomic E-state index is 9.74. The zero-order chi connectivity index (χ0) is 29.9. The lowest BCUT2D eigenvalue weighted by atomic mass is 9.80. The largest absolute Gasteiger partial charge is 0.488 e. The second kappa shape index (κ2) is 12.1. The molecule has 0 bridgehead atoms. The van der Waals surface area contributed by atoms with E-state index < -0.39 is 7.12 Å². The molecule has 0 atom stereocenters. The van der Waals surface area contributed by atoms with Gasteiger partial charge >= 0.3 is 7.12 Å². The average molecular weight is 567 g/mol. The van der Waals surface area contributed by atoms with Gasteiger partial charge in [0.25, 0.3) is 0 Å². The van der Waals surface area contributed by atoms with Crippen LogP contribution in [-0.2, 0) is 0 Å². The zero-order valence-electron chi connectivity index (χ0n) is 24.1. The summed E-state index contributed by atoms with van der Waals surface area (Å²) in [6, 6.07) is 58.4. The maximum atomic E-state index is 9.74. The fraction of sp³-hybridized carbons (Fsp3) is 0. The van der Waals surface area contributed by atoms with Gasteiger partial charge < -0.3 is 14.9 Å². The normalized spacial score (nSPS) is 11.0. The fourth-order valence-corrected chi connectivity index (χ4v) is 5.90. The molecule has 7 aromatic rings. The molecule has 2 N–H and O–H groups in total. The van der Waals surface area contributed by atoms with Gasteiger partial charge in [0.1, 0.15) is 0 Å². The molecule has 0 aliphatic rings. The van der Waals surface area contributed by atoms with Crippen LogP contribution >= 0.6 is 0 Å². The lowest BCUT2D eigenvalue weighted by Gasteiger charge is -2.27. The number of hydrogen-bond donors (Lipinski definition) is 2. The first kappa shape index (κ1) is 27.4. The number of anilines is 3. The van der Waals surface area contributed by atoms with Gasteiger partial charge in [-0.1, -0.05) is 133 Å². The lowest BCUT2D eigenvalue weighted by Crippen LogP contribution is -2.29. The third-order valence-corrected chi connectivity index (χ3v) is 8.11. The van der Waals surface area contributed by atoms with Gasteiger partial charge in [-0.25, -0.2) is 0 Å². The van der Waals surface area contributed by atoms with Crippen molar-refractivity contribution in [2.75, 3.05) is 4.90 Å². The molecule has 0 amide bonds. The highest BCUT2D eigenvalue weighted by molar-refractivity contribution is 6.58. The van der Waals surface area contributed by atoms with Crippen LogP contribution in [0.5, 0.6) is 0 Å². The summed E-state index contributed by atoms with van der Waals surface area (Å²) in [5, 5.41) is 21.9. The second-order valence-electron chi connectivity index (χ2n) is 10.8. The van der Waals surface area contributed by atoms with Crippen LogP contribution < -0.4 is 10.4 Å². The van der Waals surface area contributed by atoms with Gasteiger partial charge in [-0.05, 0) is 86.0 Å².